The lowest BCUT2D eigenvalue weighted by molar-refractivity contribution is 0.384. The van der Waals surface area contributed by atoms with Gasteiger partial charge in [0.2, 0.25) is 0 Å². The highest BCUT2D eigenvalue weighted by molar-refractivity contribution is 4.99. The molecule has 0 radical (unpaired) electrons. The summed E-state index contributed by atoms with van der Waals surface area (Å²) in [5.74, 6) is 7.15. The van der Waals surface area contributed by atoms with Crippen LogP contribution in [-0.4, -0.2) is 0 Å². The lowest BCUT2D eigenvalue weighted by Crippen LogP contribution is -2.03. The Labute approximate surface area is 77.8 Å². The molecule has 0 unspecified atom stereocenters. The predicted molar refractivity (Wildman–Crippen MR) is 55.9 cm³/mol. The minimum absolute atomic E-state index is 0.437. The third kappa shape index (κ3) is 9.56. The maximum absolute atomic E-state index is 3.22. The second-order valence-electron chi connectivity index (χ2n) is 5.01. The summed E-state index contributed by atoms with van der Waals surface area (Å²) in [6, 6.07) is 0. The Balaban J connectivity index is 3.47. The number of hydrogen-bond donors (Lipinski definition) is 0. The first-order chi connectivity index (χ1) is 5.42. The van der Waals surface area contributed by atoms with E-state index in [1.165, 1.54) is 6.42 Å². The molecule has 0 N–H and O–H groups in total. The van der Waals surface area contributed by atoms with E-state index < -0.39 is 0 Å². The summed E-state index contributed by atoms with van der Waals surface area (Å²) < 4.78 is 0. The molecule has 0 heterocycles. The van der Waals surface area contributed by atoms with Crippen molar-refractivity contribution in [3.05, 3.63) is 0 Å². The fraction of sp³-hybridized carbons (Fsp3) is 0.833. The molecule has 0 aromatic rings. The van der Waals surface area contributed by atoms with Crippen molar-refractivity contribution in [2.24, 2.45) is 11.3 Å². The van der Waals surface area contributed by atoms with Crippen molar-refractivity contribution in [2.75, 3.05) is 0 Å². The van der Waals surface area contributed by atoms with Crippen molar-refractivity contribution >= 4 is 0 Å². The molecule has 0 aromatic carbocycles. The van der Waals surface area contributed by atoms with E-state index in [-0.39, 0.29) is 0 Å². The van der Waals surface area contributed by atoms with Crippen molar-refractivity contribution in [3.8, 4) is 11.8 Å². The Bertz CT molecular complexity index is 159. The molecule has 0 nitrogen and oxygen atoms in total. The van der Waals surface area contributed by atoms with Gasteiger partial charge in [-0.15, -0.1) is 11.8 Å². The Morgan fingerprint density at radius 3 is 2.08 bits per heavy atom. The van der Waals surface area contributed by atoms with E-state index in [0.29, 0.717) is 11.3 Å². The maximum Gasteiger partial charge on any atom is 0.0112 e. The average Bonchev–Trinajstić information content (AvgIpc) is 1.83. The van der Waals surface area contributed by atoms with Crippen molar-refractivity contribution in [3.63, 3.8) is 0 Å². The summed E-state index contributed by atoms with van der Waals surface area (Å²) in [7, 11) is 0. The van der Waals surface area contributed by atoms with Gasteiger partial charge in [0.05, 0.1) is 0 Å². The lowest BCUT2D eigenvalue weighted by atomic mass is 9.91. The minimum atomic E-state index is 0.437. The Kier molecular flexibility index (Phi) is 5.06. The normalized spacial score (nSPS) is 11.2. The molecule has 0 spiro atoms. The summed E-state index contributed by atoms with van der Waals surface area (Å²) >= 11 is 0. The summed E-state index contributed by atoms with van der Waals surface area (Å²) in [5, 5.41) is 0. The first kappa shape index (κ1) is 11.6. The molecule has 0 atom stereocenters. The van der Waals surface area contributed by atoms with E-state index in [4.69, 9.17) is 0 Å². The minimum Gasteiger partial charge on any atom is -0.103 e. The Hall–Kier alpha value is -0.440. The molecule has 0 aromatic heterocycles. The largest absolute Gasteiger partial charge is 0.103 e. The Morgan fingerprint density at radius 1 is 1.08 bits per heavy atom. The molecule has 0 aliphatic carbocycles. The fourth-order valence-electron chi connectivity index (χ4n) is 0.802. The molecule has 0 heteroatoms. The highest BCUT2D eigenvalue weighted by Gasteiger charge is 2.07. The molecule has 0 rings (SSSR count). The quantitative estimate of drug-likeness (QED) is 0.546. The SMILES string of the molecule is CC(C)CC#CCCC(C)(C)C. The summed E-state index contributed by atoms with van der Waals surface area (Å²) in [6.45, 7) is 11.2. The molecular formula is C12H22. The van der Waals surface area contributed by atoms with Crippen LogP contribution in [0.1, 0.15) is 53.9 Å². The van der Waals surface area contributed by atoms with Gasteiger partial charge in [0.1, 0.15) is 0 Å². The van der Waals surface area contributed by atoms with Crippen LogP contribution in [0.15, 0.2) is 0 Å². The zero-order valence-electron chi connectivity index (χ0n) is 9.20. The van der Waals surface area contributed by atoms with Crippen LogP contribution in [0.4, 0.5) is 0 Å². The van der Waals surface area contributed by atoms with Crippen LogP contribution in [0, 0.1) is 23.2 Å². The van der Waals surface area contributed by atoms with Gasteiger partial charge in [-0.25, -0.2) is 0 Å². The van der Waals surface area contributed by atoms with Crippen molar-refractivity contribution in [1.82, 2.24) is 0 Å². The van der Waals surface area contributed by atoms with Gasteiger partial charge in [0, 0.05) is 12.8 Å². The van der Waals surface area contributed by atoms with Gasteiger partial charge >= 0.3 is 0 Å². The molecule has 0 saturated heterocycles. The highest BCUT2D eigenvalue weighted by Crippen LogP contribution is 2.19. The van der Waals surface area contributed by atoms with Crippen molar-refractivity contribution in [2.45, 2.75) is 53.9 Å². The molecule has 0 amide bonds. The standard InChI is InChI=1S/C12H22/c1-11(2)9-7-6-8-10-12(3,4)5/h11H,8-10H2,1-5H3. The van der Waals surface area contributed by atoms with Crippen molar-refractivity contribution < 1.29 is 0 Å². The molecule has 0 aliphatic rings. The maximum atomic E-state index is 3.22. The van der Waals surface area contributed by atoms with Crippen LogP contribution in [0.5, 0.6) is 0 Å². The number of rotatable bonds is 2. The first-order valence-electron chi connectivity index (χ1n) is 4.87. The topological polar surface area (TPSA) is 0 Å². The molecule has 12 heavy (non-hydrogen) atoms. The van der Waals surface area contributed by atoms with Gasteiger partial charge in [-0.05, 0) is 17.8 Å². The monoisotopic (exact) mass is 166 g/mol. The van der Waals surface area contributed by atoms with E-state index in [9.17, 15) is 0 Å². The average molecular weight is 166 g/mol. The third-order valence-corrected chi connectivity index (χ3v) is 1.64. The van der Waals surface area contributed by atoms with Gasteiger partial charge in [-0.2, -0.15) is 0 Å². The van der Waals surface area contributed by atoms with E-state index in [0.717, 1.165) is 12.8 Å². The fourth-order valence-corrected chi connectivity index (χ4v) is 0.802. The van der Waals surface area contributed by atoms with E-state index in [1.807, 2.05) is 0 Å². The highest BCUT2D eigenvalue weighted by atomic mass is 14.1. The smallest absolute Gasteiger partial charge is 0.0112 e. The summed E-state index contributed by atoms with van der Waals surface area (Å²) in [5.41, 5.74) is 0.437. The zero-order chi connectivity index (χ0) is 9.61. The molecule has 0 saturated carbocycles. The van der Waals surface area contributed by atoms with Gasteiger partial charge in [-0.1, -0.05) is 34.6 Å². The van der Waals surface area contributed by atoms with Gasteiger partial charge in [0.15, 0.2) is 0 Å². The van der Waals surface area contributed by atoms with Crippen LogP contribution in [-0.2, 0) is 0 Å². The second kappa shape index (κ2) is 5.25. The van der Waals surface area contributed by atoms with E-state index >= 15 is 0 Å². The van der Waals surface area contributed by atoms with Crippen LogP contribution < -0.4 is 0 Å². The predicted octanol–water partition coefficient (Wildman–Crippen LogP) is 3.86. The first-order valence-corrected chi connectivity index (χ1v) is 4.87. The van der Waals surface area contributed by atoms with Gasteiger partial charge in [0.25, 0.3) is 0 Å². The molecule has 0 aliphatic heterocycles. The zero-order valence-corrected chi connectivity index (χ0v) is 9.20. The van der Waals surface area contributed by atoms with E-state index in [2.05, 4.69) is 46.5 Å². The lowest BCUT2D eigenvalue weighted by Gasteiger charge is -2.15. The molecule has 0 bridgehead atoms. The molecular weight excluding hydrogens is 144 g/mol. The third-order valence-electron chi connectivity index (χ3n) is 1.64. The number of hydrogen-bond acceptors (Lipinski definition) is 0. The molecule has 70 valence electrons. The summed E-state index contributed by atoms with van der Waals surface area (Å²) in [4.78, 5) is 0. The van der Waals surface area contributed by atoms with Crippen LogP contribution >= 0.6 is 0 Å². The van der Waals surface area contributed by atoms with Crippen molar-refractivity contribution in [1.29, 1.82) is 0 Å². The summed E-state index contributed by atoms with van der Waals surface area (Å²) in [6.07, 6.45) is 3.30. The van der Waals surface area contributed by atoms with Crippen LogP contribution in [0.25, 0.3) is 0 Å². The van der Waals surface area contributed by atoms with Gasteiger partial charge < -0.3 is 0 Å². The second-order valence-corrected chi connectivity index (χ2v) is 5.01. The van der Waals surface area contributed by atoms with Gasteiger partial charge in [-0.3, -0.25) is 0 Å². The van der Waals surface area contributed by atoms with Crippen LogP contribution in [0.3, 0.4) is 0 Å². The molecule has 0 fully saturated rings. The van der Waals surface area contributed by atoms with Crippen LogP contribution in [0.2, 0.25) is 0 Å². The van der Waals surface area contributed by atoms with E-state index in [1.54, 1.807) is 0 Å². The Morgan fingerprint density at radius 2 is 1.67 bits per heavy atom.